The number of carbonyl (C=O) groups excluding carboxylic acids is 2. The summed E-state index contributed by atoms with van der Waals surface area (Å²) in [6.07, 6.45) is 0. The van der Waals surface area contributed by atoms with Crippen LogP contribution in [0.5, 0.6) is 0 Å². The zero-order chi connectivity index (χ0) is 14.7. The summed E-state index contributed by atoms with van der Waals surface area (Å²) >= 11 is -1.41. The number of hydrogen-bond acceptors (Lipinski definition) is 2. The molecule has 1 aromatic rings. The van der Waals surface area contributed by atoms with Crippen LogP contribution in [0, 0.1) is 6.92 Å². The van der Waals surface area contributed by atoms with Gasteiger partial charge in [0.05, 0.1) is 0 Å². The SMILES string of the molecule is CC(C)=O.CC(C)=O.Cc1cc[c]([Pd]([Cl])[Cl])cc1. The molecule has 1 rings (SSSR count). The molecular formula is C13H19Cl2O2Pd. The summed E-state index contributed by atoms with van der Waals surface area (Å²) in [5.74, 6) is 0.333. The van der Waals surface area contributed by atoms with Crippen molar-refractivity contribution in [1.29, 1.82) is 0 Å². The van der Waals surface area contributed by atoms with E-state index in [1.165, 1.54) is 33.3 Å². The summed E-state index contributed by atoms with van der Waals surface area (Å²) in [5.41, 5.74) is 1.24. The van der Waals surface area contributed by atoms with Crippen LogP contribution in [0.15, 0.2) is 24.3 Å². The fourth-order valence-corrected chi connectivity index (χ4v) is 2.20. The maximum absolute atomic E-state index is 9.44. The van der Waals surface area contributed by atoms with Gasteiger partial charge in [0.25, 0.3) is 0 Å². The molecule has 0 aliphatic carbocycles. The van der Waals surface area contributed by atoms with Crippen LogP contribution in [0.1, 0.15) is 33.3 Å². The molecule has 0 aliphatic heterocycles. The van der Waals surface area contributed by atoms with Crippen molar-refractivity contribution in [1.82, 2.24) is 0 Å². The molecule has 107 valence electrons. The normalized spacial score (nSPS) is 9.17. The van der Waals surface area contributed by atoms with E-state index in [4.69, 9.17) is 19.1 Å². The van der Waals surface area contributed by atoms with Crippen LogP contribution in [-0.2, 0) is 24.3 Å². The van der Waals surface area contributed by atoms with Gasteiger partial charge >= 0.3 is 74.6 Å². The summed E-state index contributed by atoms with van der Waals surface area (Å²) < 4.78 is 1.07. The molecule has 0 amide bonds. The molecule has 0 saturated heterocycles. The first kappa shape index (κ1) is 20.1. The van der Waals surface area contributed by atoms with Crippen LogP contribution in [-0.4, -0.2) is 11.6 Å². The number of hydrogen-bond donors (Lipinski definition) is 0. The summed E-state index contributed by atoms with van der Waals surface area (Å²) in [7, 11) is 11.5. The number of rotatable bonds is 1. The van der Waals surface area contributed by atoms with Crippen molar-refractivity contribution in [3.63, 3.8) is 0 Å². The molecule has 0 radical (unpaired) electrons. The molecule has 0 atom stereocenters. The van der Waals surface area contributed by atoms with Crippen LogP contribution < -0.4 is 4.04 Å². The molecule has 0 aromatic heterocycles. The van der Waals surface area contributed by atoms with E-state index in [0.717, 1.165) is 4.04 Å². The van der Waals surface area contributed by atoms with Gasteiger partial charge in [0.15, 0.2) is 0 Å². The molecular weight excluding hydrogens is 365 g/mol. The van der Waals surface area contributed by atoms with E-state index >= 15 is 0 Å². The van der Waals surface area contributed by atoms with Gasteiger partial charge in [-0.1, -0.05) is 0 Å². The van der Waals surface area contributed by atoms with Crippen LogP contribution in [0.25, 0.3) is 0 Å². The first-order valence-electron chi connectivity index (χ1n) is 5.13. The van der Waals surface area contributed by atoms with E-state index in [-0.39, 0.29) is 11.6 Å². The predicted octanol–water partition coefficient (Wildman–Crippen LogP) is 3.74. The van der Waals surface area contributed by atoms with Crippen LogP contribution in [0.4, 0.5) is 0 Å². The molecule has 18 heavy (non-hydrogen) atoms. The van der Waals surface area contributed by atoms with E-state index < -0.39 is 14.7 Å². The standard InChI is InChI=1S/C7H7.2C3H6O.2ClH.Pd/c1-7-5-3-2-4-6-7;2*1-3(2)4;;;/h3-6H,1H3;2*1-2H3;2*1H;/q;;;;;+2/p-2. The molecule has 5 heteroatoms. The molecule has 0 spiro atoms. The average Bonchev–Trinajstić information content (AvgIpc) is 2.16. The second kappa shape index (κ2) is 11.9. The van der Waals surface area contributed by atoms with Crippen molar-refractivity contribution < 1.29 is 24.3 Å². The van der Waals surface area contributed by atoms with Crippen molar-refractivity contribution in [2.75, 3.05) is 0 Å². The Kier molecular flexibility index (Phi) is 13.3. The van der Waals surface area contributed by atoms with Gasteiger partial charge in [-0.15, -0.1) is 0 Å². The maximum atomic E-state index is 9.44. The molecule has 0 bridgehead atoms. The summed E-state index contributed by atoms with van der Waals surface area (Å²) in [5, 5.41) is 0. The second-order valence-electron chi connectivity index (χ2n) is 3.74. The summed E-state index contributed by atoms with van der Waals surface area (Å²) in [6.45, 7) is 8.15. The van der Waals surface area contributed by atoms with Crippen molar-refractivity contribution in [2.45, 2.75) is 34.6 Å². The Morgan fingerprint density at radius 1 is 0.889 bits per heavy atom. The van der Waals surface area contributed by atoms with E-state index in [2.05, 4.69) is 0 Å². The number of Topliss-reactive ketones (excluding diaryl/α,β-unsaturated/α-hetero) is 2. The minimum absolute atomic E-state index is 0.167. The van der Waals surface area contributed by atoms with Crippen LogP contribution in [0.3, 0.4) is 0 Å². The molecule has 0 saturated carbocycles. The number of halogens is 2. The van der Waals surface area contributed by atoms with Crippen molar-refractivity contribution in [3.05, 3.63) is 29.8 Å². The Balaban J connectivity index is 0. The third kappa shape index (κ3) is 18.2. The zero-order valence-electron chi connectivity index (χ0n) is 11.2. The molecule has 0 fully saturated rings. The van der Waals surface area contributed by atoms with Gasteiger partial charge in [0.2, 0.25) is 0 Å². The fourth-order valence-electron chi connectivity index (χ4n) is 0.603. The fraction of sp³-hybridized carbons (Fsp3) is 0.385. The number of ketones is 2. The second-order valence-corrected chi connectivity index (χ2v) is 9.00. The van der Waals surface area contributed by atoms with Gasteiger partial charge < -0.3 is 9.59 Å². The van der Waals surface area contributed by atoms with Crippen LogP contribution in [0.2, 0.25) is 0 Å². The zero-order valence-corrected chi connectivity index (χ0v) is 14.3. The van der Waals surface area contributed by atoms with Gasteiger partial charge in [0, 0.05) is 0 Å². The Morgan fingerprint density at radius 3 is 1.39 bits per heavy atom. The van der Waals surface area contributed by atoms with Gasteiger partial charge in [-0.3, -0.25) is 0 Å². The third-order valence-electron chi connectivity index (χ3n) is 1.13. The number of benzene rings is 1. The first-order chi connectivity index (χ1) is 8.16. The monoisotopic (exact) mass is 383 g/mol. The third-order valence-corrected chi connectivity index (χ3v) is 3.96. The Bertz CT molecular complexity index is 342. The van der Waals surface area contributed by atoms with Gasteiger partial charge in [-0.05, 0) is 27.7 Å². The molecule has 2 nitrogen and oxygen atoms in total. The minimum atomic E-state index is -1.41. The van der Waals surface area contributed by atoms with Crippen LogP contribution >= 0.6 is 19.1 Å². The van der Waals surface area contributed by atoms with Crippen molar-refractivity contribution in [3.8, 4) is 0 Å². The molecule has 0 unspecified atom stereocenters. The van der Waals surface area contributed by atoms with Crippen molar-refractivity contribution in [2.24, 2.45) is 0 Å². The quantitative estimate of drug-likeness (QED) is 0.691. The molecule has 0 N–H and O–H groups in total. The molecule has 0 heterocycles. The number of carbonyl (C=O) groups is 2. The van der Waals surface area contributed by atoms with Gasteiger partial charge in [-0.25, -0.2) is 0 Å². The average molecular weight is 385 g/mol. The number of aryl methyl sites for hydroxylation is 1. The predicted molar refractivity (Wildman–Crippen MR) is 75.2 cm³/mol. The Labute approximate surface area is 123 Å². The first-order valence-corrected chi connectivity index (χ1v) is 9.91. The Hall–Kier alpha value is -0.198. The van der Waals surface area contributed by atoms with Crippen molar-refractivity contribution >= 4 is 34.7 Å². The van der Waals surface area contributed by atoms with E-state index in [1.807, 2.05) is 31.2 Å². The van der Waals surface area contributed by atoms with E-state index in [1.54, 1.807) is 0 Å². The van der Waals surface area contributed by atoms with E-state index in [9.17, 15) is 9.59 Å². The van der Waals surface area contributed by atoms with Gasteiger partial charge in [0.1, 0.15) is 11.6 Å². The topological polar surface area (TPSA) is 34.1 Å². The molecule has 1 aromatic carbocycles. The van der Waals surface area contributed by atoms with E-state index in [0.29, 0.717) is 0 Å². The summed E-state index contributed by atoms with van der Waals surface area (Å²) in [6, 6.07) is 8.01. The molecule has 0 aliphatic rings. The summed E-state index contributed by atoms with van der Waals surface area (Å²) in [4.78, 5) is 18.9. The Morgan fingerprint density at radius 2 is 1.17 bits per heavy atom. The van der Waals surface area contributed by atoms with Gasteiger partial charge in [-0.2, -0.15) is 0 Å².